The minimum Gasteiger partial charge on any atom is -0.360 e. The largest absolute Gasteiger partial charge is 0.360 e. The van der Waals surface area contributed by atoms with Gasteiger partial charge in [0.25, 0.3) is 0 Å². The molecule has 1 saturated carbocycles. The van der Waals surface area contributed by atoms with Gasteiger partial charge in [-0.25, -0.2) is 4.98 Å². The van der Waals surface area contributed by atoms with Crippen LogP contribution in [0.5, 0.6) is 0 Å². The van der Waals surface area contributed by atoms with Crippen molar-refractivity contribution in [3.8, 4) is 0 Å². The molecule has 0 bridgehead atoms. The molecule has 0 atom stereocenters. The van der Waals surface area contributed by atoms with Gasteiger partial charge in [0, 0.05) is 44.1 Å². The summed E-state index contributed by atoms with van der Waals surface area (Å²) in [6, 6.07) is 2.77. The molecule has 0 radical (unpaired) electrons. The molecule has 106 valence electrons. The zero-order chi connectivity index (χ0) is 13.4. The minimum atomic E-state index is 0.705. The minimum absolute atomic E-state index is 0.705. The number of rotatable bonds is 5. The van der Waals surface area contributed by atoms with Crippen LogP contribution >= 0.6 is 0 Å². The zero-order valence-electron chi connectivity index (χ0n) is 11.5. The van der Waals surface area contributed by atoms with E-state index < -0.39 is 0 Å². The summed E-state index contributed by atoms with van der Waals surface area (Å²) in [5, 5.41) is 7.58. The third-order valence-corrected chi connectivity index (χ3v) is 3.96. The van der Waals surface area contributed by atoms with Crippen LogP contribution in [-0.2, 0) is 26.2 Å². The Hall–Kier alpha value is -1.66. The summed E-state index contributed by atoms with van der Waals surface area (Å²) < 4.78 is 7.64. The summed E-state index contributed by atoms with van der Waals surface area (Å²) in [5.74, 6) is 2.07. The lowest BCUT2D eigenvalue weighted by Gasteiger charge is -2.26. The molecular weight excluding hydrogens is 254 g/mol. The van der Waals surface area contributed by atoms with Crippen LogP contribution in [0.25, 0.3) is 0 Å². The van der Waals surface area contributed by atoms with Crippen molar-refractivity contribution in [1.29, 1.82) is 0 Å². The lowest BCUT2D eigenvalue weighted by molar-refractivity contribution is 0.186. The maximum Gasteiger partial charge on any atom is 0.151 e. The van der Waals surface area contributed by atoms with Crippen LogP contribution in [0.1, 0.15) is 30.1 Å². The summed E-state index contributed by atoms with van der Waals surface area (Å²) in [7, 11) is 0. The second-order valence-electron chi connectivity index (χ2n) is 5.69. The number of aromatic nitrogens is 3. The fourth-order valence-electron chi connectivity index (χ4n) is 2.63. The van der Waals surface area contributed by atoms with E-state index in [9.17, 15) is 0 Å². The number of hydrogen-bond donors (Lipinski definition) is 1. The van der Waals surface area contributed by atoms with Gasteiger partial charge in [0.2, 0.25) is 0 Å². The fraction of sp³-hybridized carbons (Fsp3) is 0.571. The second-order valence-corrected chi connectivity index (χ2v) is 5.69. The molecule has 4 rings (SSSR count). The Balaban J connectivity index is 1.34. The van der Waals surface area contributed by atoms with E-state index in [1.165, 1.54) is 12.8 Å². The molecule has 0 amide bonds. The van der Waals surface area contributed by atoms with Gasteiger partial charge in [-0.2, -0.15) is 0 Å². The number of nitrogens with zero attached hydrogens (tertiary/aromatic N) is 4. The Bertz CT molecular complexity index is 586. The van der Waals surface area contributed by atoms with E-state index in [0.717, 1.165) is 50.0 Å². The Morgan fingerprint density at radius 3 is 3.20 bits per heavy atom. The van der Waals surface area contributed by atoms with Gasteiger partial charge in [-0.05, 0) is 12.8 Å². The van der Waals surface area contributed by atoms with Gasteiger partial charge < -0.3 is 14.4 Å². The summed E-state index contributed by atoms with van der Waals surface area (Å²) in [5.41, 5.74) is 1.01. The van der Waals surface area contributed by atoms with Crippen molar-refractivity contribution >= 4 is 0 Å². The highest BCUT2D eigenvalue weighted by molar-refractivity contribution is 5.06. The molecule has 6 nitrogen and oxygen atoms in total. The lowest BCUT2D eigenvalue weighted by atomic mass is 10.3. The van der Waals surface area contributed by atoms with Crippen molar-refractivity contribution < 1.29 is 4.52 Å². The monoisotopic (exact) mass is 273 g/mol. The summed E-state index contributed by atoms with van der Waals surface area (Å²) in [6.07, 6.45) is 6.51. The van der Waals surface area contributed by atoms with Crippen LogP contribution in [0.3, 0.4) is 0 Å². The van der Waals surface area contributed by atoms with E-state index in [2.05, 4.69) is 31.0 Å². The molecule has 1 fully saturated rings. The standard InChI is InChI=1S/C14H19N5O/c1-2-11(1)16-8-12-7-13(20-17-12)9-18-5-6-19-4-3-15-14(19)10-18/h3-4,7,11,16H,1-2,5-6,8-10H2. The van der Waals surface area contributed by atoms with Crippen molar-refractivity contribution in [2.45, 2.75) is 45.1 Å². The molecule has 0 saturated heterocycles. The topological polar surface area (TPSA) is 59.1 Å². The van der Waals surface area contributed by atoms with Crippen LogP contribution < -0.4 is 5.32 Å². The van der Waals surface area contributed by atoms with Crippen molar-refractivity contribution in [1.82, 2.24) is 24.9 Å². The van der Waals surface area contributed by atoms with Gasteiger partial charge in [0.05, 0.1) is 18.8 Å². The van der Waals surface area contributed by atoms with E-state index in [1.54, 1.807) is 0 Å². The molecule has 2 aliphatic rings. The first kappa shape index (κ1) is 12.1. The molecule has 1 N–H and O–H groups in total. The highest BCUT2D eigenvalue weighted by Gasteiger charge is 2.21. The first-order valence-electron chi connectivity index (χ1n) is 7.27. The molecular formula is C14H19N5O. The molecule has 20 heavy (non-hydrogen) atoms. The quantitative estimate of drug-likeness (QED) is 0.885. The first-order valence-corrected chi connectivity index (χ1v) is 7.27. The van der Waals surface area contributed by atoms with Crippen molar-refractivity contribution in [2.24, 2.45) is 0 Å². The molecule has 2 aromatic rings. The zero-order valence-corrected chi connectivity index (χ0v) is 11.5. The lowest BCUT2D eigenvalue weighted by Crippen LogP contribution is -2.33. The Labute approximate surface area is 117 Å². The normalized spacial score (nSPS) is 19.2. The van der Waals surface area contributed by atoms with Gasteiger partial charge >= 0.3 is 0 Å². The van der Waals surface area contributed by atoms with Gasteiger partial charge in [-0.1, -0.05) is 5.16 Å². The molecule has 6 heteroatoms. The predicted octanol–water partition coefficient (Wildman–Crippen LogP) is 1.14. The average Bonchev–Trinajstić information content (AvgIpc) is 2.99. The molecule has 2 aromatic heterocycles. The number of hydrogen-bond acceptors (Lipinski definition) is 5. The molecule has 0 spiro atoms. The van der Waals surface area contributed by atoms with E-state index in [1.807, 2.05) is 12.4 Å². The van der Waals surface area contributed by atoms with Crippen LogP contribution in [-0.4, -0.2) is 32.2 Å². The third-order valence-electron chi connectivity index (χ3n) is 3.96. The van der Waals surface area contributed by atoms with E-state index in [-0.39, 0.29) is 0 Å². The van der Waals surface area contributed by atoms with Crippen molar-refractivity contribution in [3.05, 3.63) is 35.7 Å². The van der Waals surface area contributed by atoms with Crippen molar-refractivity contribution in [2.75, 3.05) is 6.54 Å². The van der Waals surface area contributed by atoms with E-state index in [0.29, 0.717) is 6.04 Å². The van der Waals surface area contributed by atoms with Crippen molar-refractivity contribution in [3.63, 3.8) is 0 Å². The number of imidazole rings is 1. The Morgan fingerprint density at radius 2 is 2.30 bits per heavy atom. The average molecular weight is 273 g/mol. The number of fused-ring (bicyclic) bond motifs is 1. The van der Waals surface area contributed by atoms with Crippen LogP contribution in [0.2, 0.25) is 0 Å². The van der Waals surface area contributed by atoms with E-state index in [4.69, 9.17) is 4.52 Å². The smallest absolute Gasteiger partial charge is 0.151 e. The molecule has 1 aliphatic carbocycles. The molecule has 3 heterocycles. The summed E-state index contributed by atoms with van der Waals surface area (Å²) in [6.45, 7) is 4.53. The highest BCUT2D eigenvalue weighted by atomic mass is 16.5. The van der Waals surface area contributed by atoms with Crippen LogP contribution in [0.15, 0.2) is 23.0 Å². The first-order chi connectivity index (χ1) is 9.87. The maximum absolute atomic E-state index is 5.43. The second kappa shape index (κ2) is 5.03. The number of nitrogens with one attached hydrogen (secondary N) is 1. The fourth-order valence-corrected chi connectivity index (χ4v) is 2.63. The van der Waals surface area contributed by atoms with Crippen LogP contribution in [0.4, 0.5) is 0 Å². The predicted molar refractivity (Wildman–Crippen MR) is 72.7 cm³/mol. The third kappa shape index (κ3) is 2.62. The molecule has 0 unspecified atom stereocenters. The SMILES string of the molecule is c1cn2c(n1)CN(Cc1cc(CNC3CC3)no1)CC2. The summed E-state index contributed by atoms with van der Waals surface area (Å²) >= 11 is 0. The van der Waals surface area contributed by atoms with Gasteiger partial charge in [0.1, 0.15) is 5.82 Å². The van der Waals surface area contributed by atoms with E-state index >= 15 is 0 Å². The highest BCUT2D eigenvalue weighted by Crippen LogP contribution is 2.19. The van der Waals surface area contributed by atoms with Gasteiger partial charge in [-0.15, -0.1) is 0 Å². The Morgan fingerprint density at radius 1 is 1.35 bits per heavy atom. The summed E-state index contributed by atoms with van der Waals surface area (Å²) in [4.78, 5) is 6.72. The van der Waals surface area contributed by atoms with Crippen LogP contribution in [0, 0.1) is 0 Å². The molecule has 0 aromatic carbocycles. The van der Waals surface area contributed by atoms with Gasteiger partial charge in [0.15, 0.2) is 5.76 Å². The Kier molecular flexibility index (Phi) is 3.05. The maximum atomic E-state index is 5.43. The van der Waals surface area contributed by atoms with Gasteiger partial charge in [-0.3, -0.25) is 4.90 Å². The molecule has 1 aliphatic heterocycles.